The molecule has 2 N–H and O–H groups in total. The van der Waals surface area contributed by atoms with E-state index in [2.05, 4.69) is 5.32 Å². The molecule has 3 rings (SSSR count). The summed E-state index contributed by atoms with van der Waals surface area (Å²) in [4.78, 5) is 0. The average molecular weight is 466 g/mol. The highest BCUT2D eigenvalue weighted by Gasteiger charge is 2.21. The number of ether oxygens (including phenoxy) is 2. The standard InChI is InChI=1S/C29H36FNO3/c1-20-10-14-25(15-11-20)34-28-9-7-6-8-26(28)22(3)33-19-24(32)18-31-29(4,5)17-23-13-12-21(2)27(30)16-23/h6-16,22,24,31-32H,17-19H2,1-5H3/t22-,24-/m1/s1. The molecule has 0 aliphatic rings. The van der Waals surface area contributed by atoms with E-state index in [9.17, 15) is 9.50 Å². The minimum absolute atomic E-state index is 0.183. The summed E-state index contributed by atoms with van der Waals surface area (Å²) in [6, 6.07) is 21.0. The van der Waals surface area contributed by atoms with Crippen LogP contribution < -0.4 is 10.1 Å². The lowest BCUT2D eigenvalue weighted by molar-refractivity contribution is -0.00481. The first kappa shape index (κ1) is 25.9. The molecular formula is C29H36FNO3. The largest absolute Gasteiger partial charge is 0.457 e. The molecule has 0 bridgehead atoms. The maximum Gasteiger partial charge on any atom is 0.133 e. The van der Waals surface area contributed by atoms with E-state index in [4.69, 9.17) is 9.47 Å². The Kier molecular flexibility index (Phi) is 8.84. The van der Waals surface area contributed by atoms with Crippen molar-refractivity contribution < 1.29 is 19.0 Å². The molecule has 3 aromatic rings. The van der Waals surface area contributed by atoms with Crippen molar-refractivity contribution in [2.75, 3.05) is 13.2 Å². The highest BCUT2D eigenvalue weighted by molar-refractivity contribution is 5.39. The van der Waals surface area contributed by atoms with Crippen LogP contribution in [0.2, 0.25) is 0 Å². The number of rotatable bonds is 11. The second kappa shape index (κ2) is 11.6. The molecule has 0 fully saturated rings. The summed E-state index contributed by atoms with van der Waals surface area (Å²) in [6.45, 7) is 10.4. The molecule has 0 aliphatic heterocycles. The average Bonchev–Trinajstić information content (AvgIpc) is 2.80. The minimum atomic E-state index is -0.679. The van der Waals surface area contributed by atoms with Crippen molar-refractivity contribution in [2.45, 2.75) is 58.8 Å². The van der Waals surface area contributed by atoms with E-state index in [-0.39, 0.29) is 24.1 Å². The number of hydrogen-bond acceptors (Lipinski definition) is 4. The van der Waals surface area contributed by atoms with Crippen molar-refractivity contribution in [1.29, 1.82) is 0 Å². The second-order valence-corrected chi connectivity index (χ2v) is 9.61. The molecule has 0 amide bonds. The zero-order valence-corrected chi connectivity index (χ0v) is 20.8. The van der Waals surface area contributed by atoms with Crippen LogP contribution in [0.4, 0.5) is 4.39 Å². The topological polar surface area (TPSA) is 50.7 Å². The predicted molar refractivity (Wildman–Crippen MR) is 135 cm³/mol. The van der Waals surface area contributed by atoms with Gasteiger partial charge in [0.1, 0.15) is 17.3 Å². The van der Waals surface area contributed by atoms with Crippen molar-refractivity contribution in [3.8, 4) is 11.5 Å². The zero-order valence-electron chi connectivity index (χ0n) is 20.8. The number of para-hydroxylation sites is 1. The highest BCUT2D eigenvalue weighted by atomic mass is 19.1. The molecule has 5 heteroatoms. The van der Waals surface area contributed by atoms with Crippen molar-refractivity contribution in [2.24, 2.45) is 0 Å². The number of aliphatic hydroxyl groups is 1. The van der Waals surface area contributed by atoms with Crippen LogP contribution in [0, 0.1) is 19.7 Å². The lowest BCUT2D eigenvalue weighted by Gasteiger charge is -2.28. The van der Waals surface area contributed by atoms with Crippen LogP contribution in [0.3, 0.4) is 0 Å². The first-order chi connectivity index (χ1) is 16.1. The third-order valence-corrected chi connectivity index (χ3v) is 5.84. The molecule has 34 heavy (non-hydrogen) atoms. The number of aliphatic hydroxyl groups excluding tert-OH is 1. The van der Waals surface area contributed by atoms with Crippen LogP contribution in [-0.4, -0.2) is 29.9 Å². The van der Waals surface area contributed by atoms with Gasteiger partial charge in [0.25, 0.3) is 0 Å². The Morgan fingerprint density at radius 2 is 1.71 bits per heavy atom. The molecule has 182 valence electrons. The Labute approximate surface area is 202 Å². The van der Waals surface area contributed by atoms with Crippen molar-refractivity contribution in [3.05, 3.63) is 94.8 Å². The van der Waals surface area contributed by atoms with E-state index in [0.29, 0.717) is 18.5 Å². The second-order valence-electron chi connectivity index (χ2n) is 9.61. The maximum atomic E-state index is 13.9. The van der Waals surface area contributed by atoms with Crippen LogP contribution in [0.25, 0.3) is 0 Å². The smallest absolute Gasteiger partial charge is 0.133 e. The Bertz CT molecular complexity index is 1070. The fraction of sp³-hybridized carbons (Fsp3) is 0.379. The molecule has 4 nitrogen and oxygen atoms in total. The van der Waals surface area contributed by atoms with Gasteiger partial charge in [-0.25, -0.2) is 4.39 Å². The summed E-state index contributed by atoms with van der Waals surface area (Å²) < 4.78 is 25.9. The Balaban J connectivity index is 1.51. The van der Waals surface area contributed by atoms with E-state index >= 15 is 0 Å². The third-order valence-electron chi connectivity index (χ3n) is 5.84. The molecule has 2 atom stereocenters. The Hall–Kier alpha value is -2.73. The summed E-state index contributed by atoms with van der Waals surface area (Å²) >= 11 is 0. The van der Waals surface area contributed by atoms with Gasteiger partial charge >= 0.3 is 0 Å². The van der Waals surface area contributed by atoms with Gasteiger partial charge in [0, 0.05) is 17.6 Å². The lowest BCUT2D eigenvalue weighted by Crippen LogP contribution is -2.46. The van der Waals surface area contributed by atoms with E-state index in [0.717, 1.165) is 22.6 Å². The summed E-state index contributed by atoms with van der Waals surface area (Å²) in [5, 5.41) is 13.9. The number of aryl methyl sites for hydroxylation is 2. The van der Waals surface area contributed by atoms with E-state index in [1.54, 1.807) is 19.1 Å². The van der Waals surface area contributed by atoms with Crippen LogP contribution in [-0.2, 0) is 11.2 Å². The molecule has 0 spiro atoms. The molecule has 0 aliphatic carbocycles. The zero-order chi connectivity index (χ0) is 24.7. The molecule has 0 radical (unpaired) electrons. The molecule has 0 saturated heterocycles. The van der Waals surface area contributed by atoms with Crippen LogP contribution in [0.15, 0.2) is 66.7 Å². The fourth-order valence-corrected chi connectivity index (χ4v) is 3.76. The molecule has 0 aromatic heterocycles. The van der Waals surface area contributed by atoms with Gasteiger partial charge < -0.3 is 19.9 Å². The van der Waals surface area contributed by atoms with Gasteiger partial charge in [0.15, 0.2) is 0 Å². The van der Waals surface area contributed by atoms with Crippen molar-refractivity contribution in [1.82, 2.24) is 5.32 Å². The molecule has 3 aromatic carbocycles. The summed E-state index contributed by atoms with van der Waals surface area (Å²) in [7, 11) is 0. The number of halogens is 1. The highest BCUT2D eigenvalue weighted by Crippen LogP contribution is 2.31. The fourth-order valence-electron chi connectivity index (χ4n) is 3.76. The van der Waals surface area contributed by atoms with E-state index in [1.165, 1.54) is 5.56 Å². The quantitative estimate of drug-likeness (QED) is 0.350. The van der Waals surface area contributed by atoms with Gasteiger partial charge in [-0.05, 0) is 76.4 Å². The third kappa shape index (κ3) is 7.66. The molecule has 0 saturated carbocycles. The molecule has 0 heterocycles. The molecular weight excluding hydrogens is 429 g/mol. The lowest BCUT2D eigenvalue weighted by atomic mass is 9.94. The first-order valence-corrected chi connectivity index (χ1v) is 11.8. The van der Waals surface area contributed by atoms with Crippen LogP contribution >= 0.6 is 0 Å². The first-order valence-electron chi connectivity index (χ1n) is 11.8. The number of benzene rings is 3. The van der Waals surface area contributed by atoms with Gasteiger partial charge in [-0.3, -0.25) is 0 Å². The van der Waals surface area contributed by atoms with Gasteiger partial charge in [-0.2, -0.15) is 0 Å². The Morgan fingerprint density at radius 1 is 1.00 bits per heavy atom. The monoisotopic (exact) mass is 465 g/mol. The summed E-state index contributed by atoms with van der Waals surface area (Å²) in [5.41, 5.74) is 3.36. The van der Waals surface area contributed by atoms with Crippen LogP contribution in [0.5, 0.6) is 11.5 Å². The number of nitrogens with one attached hydrogen (secondary N) is 1. The van der Waals surface area contributed by atoms with E-state index < -0.39 is 6.10 Å². The Morgan fingerprint density at radius 3 is 2.41 bits per heavy atom. The van der Waals surface area contributed by atoms with Gasteiger partial charge in [-0.1, -0.05) is 48.0 Å². The maximum absolute atomic E-state index is 13.9. The molecule has 0 unspecified atom stereocenters. The normalized spacial score (nSPS) is 13.5. The number of hydrogen-bond donors (Lipinski definition) is 2. The van der Waals surface area contributed by atoms with Crippen molar-refractivity contribution in [3.63, 3.8) is 0 Å². The van der Waals surface area contributed by atoms with Crippen molar-refractivity contribution >= 4 is 0 Å². The summed E-state index contributed by atoms with van der Waals surface area (Å²) in [6.07, 6.45) is -0.278. The van der Waals surface area contributed by atoms with Crippen LogP contribution in [0.1, 0.15) is 49.1 Å². The van der Waals surface area contributed by atoms with E-state index in [1.807, 2.05) is 82.3 Å². The van der Waals surface area contributed by atoms with Gasteiger partial charge in [0.2, 0.25) is 0 Å². The predicted octanol–water partition coefficient (Wildman–Crippen LogP) is 6.28. The SMILES string of the molecule is Cc1ccc(Oc2ccccc2[C@@H](C)OC[C@H](O)CNC(C)(C)Cc2ccc(C)c(F)c2)cc1. The summed E-state index contributed by atoms with van der Waals surface area (Å²) in [5.74, 6) is 1.31. The van der Waals surface area contributed by atoms with Gasteiger partial charge in [0.05, 0.1) is 18.8 Å². The number of β-amino-alcohol motifs (C(OH)–C–C–N with tert-alkyl or cyclic N) is 1. The van der Waals surface area contributed by atoms with Gasteiger partial charge in [-0.15, -0.1) is 0 Å². The minimum Gasteiger partial charge on any atom is -0.457 e.